The van der Waals surface area contributed by atoms with Gasteiger partial charge in [-0.3, -0.25) is 4.98 Å². The van der Waals surface area contributed by atoms with Gasteiger partial charge in [-0.25, -0.2) is 9.07 Å². The van der Waals surface area contributed by atoms with Crippen LogP contribution in [-0.2, 0) is 13.1 Å². The highest BCUT2D eigenvalue weighted by Crippen LogP contribution is 2.15. The lowest BCUT2D eigenvalue weighted by atomic mass is 10.2. The van der Waals surface area contributed by atoms with Crippen molar-refractivity contribution in [3.63, 3.8) is 0 Å². The largest absolute Gasteiger partial charge is 0.307 e. The van der Waals surface area contributed by atoms with Crippen LogP contribution in [0.1, 0.15) is 11.3 Å². The molecule has 0 amide bonds. The Bertz CT molecular complexity index is 994. The molecule has 0 saturated heterocycles. The highest BCUT2D eigenvalue weighted by Gasteiger charge is 2.04. The summed E-state index contributed by atoms with van der Waals surface area (Å²) in [6, 6.07) is 16.4. The first kappa shape index (κ1) is 15.4. The Morgan fingerprint density at radius 2 is 1.84 bits per heavy atom. The van der Waals surface area contributed by atoms with Gasteiger partial charge in [-0.05, 0) is 29.8 Å². The van der Waals surface area contributed by atoms with Crippen molar-refractivity contribution in [3.05, 3.63) is 84.1 Å². The van der Waals surface area contributed by atoms with Crippen molar-refractivity contribution in [1.82, 2.24) is 25.3 Å². The van der Waals surface area contributed by atoms with Gasteiger partial charge in [0.1, 0.15) is 5.82 Å². The minimum absolute atomic E-state index is 0.226. The van der Waals surface area contributed by atoms with E-state index in [0.717, 1.165) is 27.8 Å². The first-order chi connectivity index (χ1) is 12.3. The predicted octanol–water partition coefficient (Wildman–Crippen LogP) is 3.24. The number of halogens is 1. The molecular formula is C19H16FN5. The second kappa shape index (κ2) is 6.78. The van der Waals surface area contributed by atoms with Crippen LogP contribution in [0, 0.1) is 5.82 Å². The SMILES string of the molecule is Fc1ccc(CNCc2cn(-c3cnc4ccccc4c3)nn2)cc1. The van der Waals surface area contributed by atoms with E-state index in [1.165, 1.54) is 12.1 Å². The average Bonchev–Trinajstić information content (AvgIpc) is 3.12. The molecule has 2 aromatic carbocycles. The van der Waals surface area contributed by atoms with Crippen molar-refractivity contribution < 1.29 is 4.39 Å². The minimum Gasteiger partial charge on any atom is -0.307 e. The molecule has 0 saturated carbocycles. The number of rotatable bonds is 5. The fraction of sp³-hybridized carbons (Fsp3) is 0.105. The van der Waals surface area contributed by atoms with Gasteiger partial charge in [0, 0.05) is 18.5 Å². The smallest absolute Gasteiger partial charge is 0.123 e. The quantitative estimate of drug-likeness (QED) is 0.609. The Labute approximate surface area is 144 Å². The highest BCUT2D eigenvalue weighted by atomic mass is 19.1. The number of aromatic nitrogens is 4. The van der Waals surface area contributed by atoms with Crippen molar-refractivity contribution in [2.45, 2.75) is 13.1 Å². The lowest BCUT2D eigenvalue weighted by molar-refractivity contribution is 0.624. The molecule has 6 heteroatoms. The Balaban J connectivity index is 1.43. The molecule has 5 nitrogen and oxygen atoms in total. The molecule has 1 N–H and O–H groups in total. The van der Waals surface area contributed by atoms with E-state index in [1.807, 2.05) is 36.5 Å². The molecule has 0 atom stereocenters. The van der Waals surface area contributed by atoms with Crippen LogP contribution in [0.2, 0.25) is 0 Å². The van der Waals surface area contributed by atoms with Gasteiger partial charge < -0.3 is 5.32 Å². The van der Waals surface area contributed by atoms with Gasteiger partial charge in [0.05, 0.1) is 29.3 Å². The van der Waals surface area contributed by atoms with Crippen molar-refractivity contribution in [2.24, 2.45) is 0 Å². The third kappa shape index (κ3) is 3.54. The van der Waals surface area contributed by atoms with E-state index in [2.05, 4.69) is 20.6 Å². The molecule has 0 radical (unpaired) electrons. The number of benzene rings is 2. The average molecular weight is 333 g/mol. The first-order valence-corrected chi connectivity index (χ1v) is 7.99. The second-order valence-corrected chi connectivity index (χ2v) is 5.77. The molecule has 0 bridgehead atoms. The Kier molecular flexibility index (Phi) is 4.18. The highest BCUT2D eigenvalue weighted by molar-refractivity contribution is 5.79. The first-order valence-electron chi connectivity index (χ1n) is 7.99. The van der Waals surface area contributed by atoms with Crippen LogP contribution >= 0.6 is 0 Å². The zero-order chi connectivity index (χ0) is 17.1. The molecule has 0 spiro atoms. The van der Waals surface area contributed by atoms with E-state index in [-0.39, 0.29) is 5.82 Å². The Hall–Kier alpha value is -3.12. The van der Waals surface area contributed by atoms with Gasteiger partial charge in [-0.2, -0.15) is 0 Å². The van der Waals surface area contributed by atoms with Crippen molar-refractivity contribution in [1.29, 1.82) is 0 Å². The summed E-state index contributed by atoms with van der Waals surface area (Å²) in [4.78, 5) is 4.44. The maximum atomic E-state index is 12.9. The van der Waals surface area contributed by atoms with Crippen LogP contribution in [0.5, 0.6) is 0 Å². The second-order valence-electron chi connectivity index (χ2n) is 5.77. The van der Waals surface area contributed by atoms with E-state index in [9.17, 15) is 4.39 Å². The maximum Gasteiger partial charge on any atom is 0.123 e. The number of para-hydroxylation sites is 1. The summed E-state index contributed by atoms with van der Waals surface area (Å²) in [5.41, 5.74) is 3.67. The fourth-order valence-corrected chi connectivity index (χ4v) is 2.63. The normalized spacial score (nSPS) is 11.1. The molecule has 4 aromatic rings. The van der Waals surface area contributed by atoms with Crippen LogP contribution in [0.3, 0.4) is 0 Å². The van der Waals surface area contributed by atoms with E-state index in [4.69, 9.17) is 0 Å². The summed E-state index contributed by atoms with van der Waals surface area (Å²) in [5, 5.41) is 12.7. The number of hydrogen-bond donors (Lipinski definition) is 1. The number of pyridine rings is 1. The zero-order valence-electron chi connectivity index (χ0n) is 13.4. The summed E-state index contributed by atoms with van der Waals surface area (Å²) in [7, 11) is 0. The molecule has 2 aromatic heterocycles. The van der Waals surface area contributed by atoms with Gasteiger partial charge in [-0.1, -0.05) is 35.5 Å². The third-order valence-electron chi connectivity index (χ3n) is 3.93. The number of hydrogen-bond acceptors (Lipinski definition) is 4. The van der Waals surface area contributed by atoms with Gasteiger partial charge in [-0.15, -0.1) is 5.10 Å². The van der Waals surface area contributed by atoms with Crippen molar-refractivity contribution in [3.8, 4) is 5.69 Å². The van der Waals surface area contributed by atoms with Crippen LogP contribution in [-0.4, -0.2) is 20.0 Å². The zero-order valence-corrected chi connectivity index (χ0v) is 13.4. The van der Waals surface area contributed by atoms with E-state index in [1.54, 1.807) is 23.0 Å². The maximum absolute atomic E-state index is 12.9. The van der Waals surface area contributed by atoms with E-state index < -0.39 is 0 Å². The molecule has 0 fully saturated rings. The molecule has 0 aliphatic carbocycles. The summed E-state index contributed by atoms with van der Waals surface area (Å²) < 4.78 is 14.6. The van der Waals surface area contributed by atoms with Crippen LogP contribution in [0.25, 0.3) is 16.6 Å². The molecule has 4 rings (SSSR count). The van der Waals surface area contributed by atoms with E-state index >= 15 is 0 Å². The van der Waals surface area contributed by atoms with Gasteiger partial charge in [0.25, 0.3) is 0 Å². The molecular weight excluding hydrogens is 317 g/mol. The number of fused-ring (bicyclic) bond motifs is 1. The molecule has 2 heterocycles. The van der Waals surface area contributed by atoms with Crippen LogP contribution in [0.15, 0.2) is 67.0 Å². The topological polar surface area (TPSA) is 55.6 Å². The lowest BCUT2D eigenvalue weighted by Crippen LogP contribution is -2.12. The third-order valence-corrected chi connectivity index (χ3v) is 3.93. The van der Waals surface area contributed by atoms with E-state index in [0.29, 0.717) is 13.1 Å². The number of nitrogens with zero attached hydrogens (tertiary/aromatic N) is 4. The summed E-state index contributed by atoms with van der Waals surface area (Å²) in [5.74, 6) is -0.226. The Morgan fingerprint density at radius 1 is 1.00 bits per heavy atom. The van der Waals surface area contributed by atoms with Gasteiger partial charge >= 0.3 is 0 Å². The standard InChI is InChI=1S/C19H16FN5/c20-16-7-5-14(6-8-16)10-21-11-17-13-25(24-23-17)18-9-15-3-1-2-4-19(15)22-12-18/h1-9,12-13,21H,10-11H2. The van der Waals surface area contributed by atoms with Crippen molar-refractivity contribution in [2.75, 3.05) is 0 Å². The fourth-order valence-electron chi connectivity index (χ4n) is 2.63. The molecule has 0 aliphatic rings. The number of nitrogens with one attached hydrogen (secondary N) is 1. The minimum atomic E-state index is -0.226. The van der Waals surface area contributed by atoms with Crippen LogP contribution in [0.4, 0.5) is 4.39 Å². The molecule has 25 heavy (non-hydrogen) atoms. The lowest BCUT2D eigenvalue weighted by Gasteiger charge is -2.03. The predicted molar refractivity (Wildman–Crippen MR) is 93.6 cm³/mol. The monoisotopic (exact) mass is 333 g/mol. The summed E-state index contributed by atoms with van der Waals surface area (Å²) in [6.45, 7) is 1.23. The Morgan fingerprint density at radius 3 is 2.72 bits per heavy atom. The summed E-state index contributed by atoms with van der Waals surface area (Å²) >= 11 is 0. The van der Waals surface area contributed by atoms with Crippen molar-refractivity contribution >= 4 is 10.9 Å². The molecule has 124 valence electrons. The van der Waals surface area contributed by atoms with Crippen LogP contribution < -0.4 is 5.32 Å². The van der Waals surface area contributed by atoms with Gasteiger partial charge in [0.2, 0.25) is 0 Å². The molecule has 0 unspecified atom stereocenters. The van der Waals surface area contributed by atoms with Gasteiger partial charge in [0.15, 0.2) is 0 Å². The molecule has 0 aliphatic heterocycles. The summed E-state index contributed by atoms with van der Waals surface area (Å²) in [6.07, 6.45) is 3.66.